The number of nitrogens with zero attached hydrogens (tertiary/aromatic N) is 3. The molecule has 5 rings (SSSR count). The fourth-order valence-electron chi connectivity index (χ4n) is 3.89. The van der Waals surface area contributed by atoms with Gasteiger partial charge in [0.15, 0.2) is 5.82 Å². The molecule has 33 heavy (non-hydrogen) atoms. The second-order valence-electron chi connectivity index (χ2n) is 7.66. The fraction of sp³-hybridized carbons (Fsp3) is 0.0800. The van der Waals surface area contributed by atoms with Gasteiger partial charge in [0, 0.05) is 16.9 Å². The van der Waals surface area contributed by atoms with Crippen LogP contribution in [0.2, 0.25) is 5.02 Å². The number of hydrogen-bond donors (Lipinski definition) is 3. The van der Waals surface area contributed by atoms with E-state index in [1.165, 1.54) is 0 Å². The van der Waals surface area contributed by atoms with Crippen LogP contribution in [0.4, 0.5) is 11.6 Å². The van der Waals surface area contributed by atoms with Crippen LogP contribution in [-0.2, 0) is 4.79 Å². The van der Waals surface area contributed by atoms with Gasteiger partial charge in [0.05, 0.1) is 10.6 Å². The van der Waals surface area contributed by atoms with Crippen LogP contribution in [0, 0.1) is 0 Å². The minimum Gasteiger partial charge on any atom is -0.508 e. The summed E-state index contributed by atoms with van der Waals surface area (Å²) >= 11 is 6.38. The Morgan fingerprint density at radius 1 is 1.03 bits per heavy atom. The Kier molecular flexibility index (Phi) is 5.32. The zero-order valence-electron chi connectivity index (χ0n) is 17.7. The zero-order valence-corrected chi connectivity index (χ0v) is 18.4. The van der Waals surface area contributed by atoms with Crippen LogP contribution in [0.1, 0.15) is 18.5 Å². The first-order chi connectivity index (χ1) is 16.0. The van der Waals surface area contributed by atoms with E-state index in [9.17, 15) is 9.90 Å². The van der Waals surface area contributed by atoms with Crippen molar-refractivity contribution in [2.75, 3.05) is 10.6 Å². The van der Waals surface area contributed by atoms with E-state index >= 15 is 0 Å². The molecule has 4 aromatic rings. The Balaban J connectivity index is 1.62. The molecule has 0 radical (unpaired) electrons. The summed E-state index contributed by atoms with van der Waals surface area (Å²) in [7, 11) is 0. The number of anilines is 2. The lowest BCUT2D eigenvalue weighted by Crippen LogP contribution is -2.31. The number of aromatic hydroxyl groups is 1. The Morgan fingerprint density at radius 2 is 1.73 bits per heavy atom. The molecule has 1 atom stereocenters. The Labute approximate surface area is 195 Å². The fourth-order valence-corrected chi connectivity index (χ4v) is 4.11. The monoisotopic (exact) mass is 457 g/mol. The molecule has 1 aliphatic rings. The van der Waals surface area contributed by atoms with Crippen molar-refractivity contribution in [1.82, 2.24) is 14.8 Å². The number of fused-ring (bicyclic) bond motifs is 1. The maximum Gasteiger partial charge on any atom is 0.255 e. The van der Waals surface area contributed by atoms with Crippen molar-refractivity contribution in [2.45, 2.75) is 13.0 Å². The smallest absolute Gasteiger partial charge is 0.255 e. The molecule has 7 nitrogen and oxygen atoms in total. The van der Waals surface area contributed by atoms with Gasteiger partial charge in [-0.25, -0.2) is 4.68 Å². The van der Waals surface area contributed by atoms with E-state index in [1.54, 1.807) is 35.0 Å². The van der Waals surface area contributed by atoms with Crippen molar-refractivity contribution in [3.8, 4) is 17.1 Å². The maximum atomic E-state index is 13.4. The van der Waals surface area contributed by atoms with Crippen LogP contribution in [0.3, 0.4) is 0 Å². The topological polar surface area (TPSA) is 92.1 Å². The van der Waals surface area contributed by atoms with Crippen molar-refractivity contribution in [3.05, 3.63) is 101 Å². The van der Waals surface area contributed by atoms with E-state index in [-0.39, 0.29) is 11.7 Å². The quantitative estimate of drug-likeness (QED) is 0.390. The standard InChI is InChI=1S/C25H20ClN5O2/c1-15-21(24(33)28-17-7-3-2-4-8-17)22(16-11-13-18(32)14-12-16)31-25(27-15)29-23(30-31)19-9-5-6-10-20(19)26/h2-14,22,32H,1H3,(H,28,33)(H,27,29,30). The normalized spacial score (nSPS) is 15.0. The molecule has 164 valence electrons. The molecule has 2 heterocycles. The second-order valence-corrected chi connectivity index (χ2v) is 8.07. The summed E-state index contributed by atoms with van der Waals surface area (Å²) in [5.74, 6) is 0.824. The number of phenols is 1. The van der Waals surface area contributed by atoms with Gasteiger partial charge in [-0.1, -0.05) is 54.1 Å². The third-order valence-electron chi connectivity index (χ3n) is 5.45. The van der Waals surface area contributed by atoms with E-state index < -0.39 is 6.04 Å². The maximum absolute atomic E-state index is 13.4. The summed E-state index contributed by atoms with van der Waals surface area (Å²) in [6.45, 7) is 1.83. The molecule has 1 aromatic heterocycles. The number of benzene rings is 3. The van der Waals surface area contributed by atoms with Crippen molar-refractivity contribution >= 4 is 29.1 Å². The lowest BCUT2D eigenvalue weighted by Gasteiger charge is -2.28. The molecule has 3 aromatic carbocycles. The van der Waals surface area contributed by atoms with Gasteiger partial charge in [0.2, 0.25) is 5.95 Å². The van der Waals surface area contributed by atoms with Gasteiger partial charge in [-0.15, -0.1) is 5.10 Å². The number of rotatable bonds is 4. The summed E-state index contributed by atoms with van der Waals surface area (Å²) in [6, 6.07) is 22.8. The van der Waals surface area contributed by atoms with E-state index in [4.69, 9.17) is 16.7 Å². The predicted molar refractivity (Wildman–Crippen MR) is 128 cm³/mol. The summed E-state index contributed by atoms with van der Waals surface area (Å²) < 4.78 is 1.68. The number of amides is 1. The van der Waals surface area contributed by atoms with Crippen molar-refractivity contribution in [1.29, 1.82) is 0 Å². The predicted octanol–water partition coefficient (Wildman–Crippen LogP) is 5.23. The van der Waals surface area contributed by atoms with Crippen molar-refractivity contribution in [3.63, 3.8) is 0 Å². The summed E-state index contributed by atoms with van der Waals surface area (Å²) in [4.78, 5) is 18.1. The van der Waals surface area contributed by atoms with Gasteiger partial charge in [0.25, 0.3) is 5.91 Å². The molecular formula is C25H20ClN5O2. The molecule has 0 aliphatic carbocycles. The van der Waals surface area contributed by atoms with Gasteiger partial charge in [-0.05, 0) is 48.9 Å². The van der Waals surface area contributed by atoms with E-state index in [1.807, 2.05) is 55.5 Å². The molecule has 0 saturated carbocycles. The van der Waals surface area contributed by atoms with Crippen LogP contribution in [0.5, 0.6) is 5.75 Å². The first-order valence-corrected chi connectivity index (χ1v) is 10.7. The highest BCUT2D eigenvalue weighted by Crippen LogP contribution is 2.38. The second kappa shape index (κ2) is 8.44. The average molecular weight is 458 g/mol. The third-order valence-corrected chi connectivity index (χ3v) is 5.78. The highest BCUT2D eigenvalue weighted by atomic mass is 35.5. The molecule has 0 saturated heterocycles. The van der Waals surface area contributed by atoms with Gasteiger partial charge >= 0.3 is 0 Å². The number of phenolic OH excluding ortho intramolecular Hbond substituents is 1. The molecule has 0 fully saturated rings. The molecule has 8 heteroatoms. The number of aromatic nitrogens is 3. The molecule has 3 N–H and O–H groups in total. The first-order valence-electron chi connectivity index (χ1n) is 10.4. The molecule has 1 aliphatic heterocycles. The zero-order chi connectivity index (χ0) is 22.9. The van der Waals surface area contributed by atoms with Gasteiger partial charge in [0.1, 0.15) is 11.8 Å². The lowest BCUT2D eigenvalue weighted by atomic mass is 9.95. The minimum atomic E-state index is -0.561. The first kappa shape index (κ1) is 20.8. The Morgan fingerprint density at radius 3 is 2.45 bits per heavy atom. The Hall–Kier alpha value is -4.10. The molecule has 1 amide bonds. The van der Waals surface area contributed by atoms with Gasteiger partial charge in [-0.3, -0.25) is 4.79 Å². The Bertz CT molecular complexity index is 1360. The molecule has 0 bridgehead atoms. The van der Waals surface area contributed by atoms with E-state index in [2.05, 4.69) is 15.6 Å². The highest BCUT2D eigenvalue weighted by molar-refractivity contribution is 6.33. The van der Waals surface area contributed by atoms with Crippen molar-refractivity contribution in [2.24, 2.45) is 0 Å². The summed E-state index contributed by atoms with van der Waals surface area (Å²) in [6.07, 6.45) is 0. The average Bonchev–Trinajstić information content (AvgIpc) is 3.23. The molecule has 1 unspecified atom stereocenters. The SMILES string of the molecule is CC1=C(C(=O)Nc2ccccc2)C(c2ccc(O)cc2)n2nc(-c3ccccc3Cl)nc2N1. The molecular weight excluding hydrogens is 438 g/mol. The van der Waals surface area contributed by atoms with Gasteiger partial charge in [-0.2, -0.15) is 4.98 Å². The van der Waals surface area contributed by atoms with Crippen LogP contribution >= 0.6 is 11.6 Å². The van der Waals surface area contributed by atoms with Crippen LogP contribution in [0.15, 0.2) is 90.1 Å². The van der Waals surface area contributed by atoms with E-state index in [0.717, 1.165) is 5.56 Å². The number of carbonyl (C=O) groups is 1. The highest BCUT2D eigenvalue weighted by Gasteiger charge is 2.34. The third kappa shape index (κ3) is 3.94. The van der Waals surface area contributed by atoms with Crippen LogP contribution in [0.25, 0.3) is 11.4 Å². The van der Waals surface area contributed by atoms with E-state index in [0.29, 0.717) is 39.3 Å². The number of halogens is 1. The number of hydrogen-bond acceptors (Lipinski definition) is 5. The van der Waals surface area contributed by atoms with Gasteiger partial charge < -0.3 is 15.7 Å². The lowest BCUT2D eigenvalue weighted by molar-refractivity contribution is -0.113. The summed E-state index contributed by atoms with van der Waals surface area (Å²) in [5.41, 5.74) is 3.32. The van der Waals surface area contributed by atoms with Crippen molar-refractivity contribution < 1.29 is 9.90 Å². The van der Waals surface area contributed by atoms with Crippen LogP contribution < -0.4 is 10.6 Å². The number of allylic oxidation sites excluding steroid dienone is 1. The minimum absolute atomic E-state index is 0.138. The molecule has 0 spiro atoms. The largest absolute Gasteiger partial charge is 0.508 e. The number of carbonyl (C=O) groups excluding carboxylic acids is 1. The van der Waals surface area contributed by atoms with Crippen LogP contribution in [-0.4, -0.2) is 25.8 Å². The summed E-state index contributed by atoms with van der Waals surface area (Å²) in [5, 5.41) is 21.2. The number of nitrogens with one attached hydrogen (secondary N) is 2. The number of para-hydroxylation sites is 1.